The lowest BCUT2D eigenvalue weighted by Crippen LogP contribution is -2.00. The quantitative estimate of drug-likeness (QED) is 0.855. The summed E-state index contributed by atoms with van der Waals surface area (Å²) in [6.07, 6.45) is 0.662. The average Bonchev–Trinajstić information content (AvgIpc) is 2.72. The van der Waals surface area contributed by atoms with E-state index in [0.717, 1.165) is 0 Å². The maximum absolute atomic E-state index is 10.6. The van der Waals surface area contributed by atoms with Crippen LogP contribution in [0.15, 0.2) is 23.4 Å². The maximum Gasteiger partial charge on any atom is 0.313 e. The molecule has 106 valence electrons. The van der Waals surface area contributed by atoms with Crippen molar-refractivity contribution in [2.75, 3.05) is 5.75 Å². The third-order valence-corrected chi connectivity index (χ3v) is 3.95. The molecule has 0 aliphatic heterocycles. The number of hydrogen-bond acceptors (Lipinski definition) is 4. The summed E-state index contributed by atoms with van der Waals surface area (Å²) in [5, 5.41) is 13.7. The van der Waals surface area contributed by atoms with Gasteiger partial charge in [-0.15, -0.1) is 0 Å². The fourth-order valence-electron chi connectivity index (χ4n) is 1.91. The molecule has 1 aromatic heterocycles. The Morgan fingerprint density at radius 1 is 1.40 bits per heavy atom. The molecular weight excluding hydrogens is 274 g/mol. The largest absolute Gasteiger partial charge is 0.481 e. The normalized spacial score (nSPS) is 10.8. The van der Waals surface area contributed by atoms with E-state index in [1.54, 1.807) is 11.7 Å². The Morgan fingerprint density at radius 3 is 2.85 bits per heavy atom. The fourth-order valence-corrected chi connectivity index (χ4v) is 2.56. The van der Waals surface area contributed by atoms with Gasteiger partial charge in [-0.3, -0.25) is 4.79 Å². The molecular formula is C14H17N3O2S. The van der Waals surface area contributed by atoms with Gasteiger partial charge in [0.15, 0.2) is 11.0 Å². The SMILES string of the molecule is Cc1ccc(C)c(Cc2nc(SCC(=O)O)n(C)n2)c1. The molecule has 0 radical (unpaired) electrons. The van der Waals surface area contributed by atoms with Gasteiger partial charge in [-0.05, 0) is 25.0 Å². The van der Waals surface area contributed by atoms with Gasteiger partial charge in [-0.25, -0.2) is 9.67 Å². The van der Waals surface area contributed by atoms with Crippen LogP contribution in [0.25, 0.3) is 0 Å². The zero-order chi connectivity index (χ0) is 14.7. The maximum atomic E-state index is 10.6. The summed E-state index contributed by atoms with van der Waals surface area (Å²) < 4.78 is 1.63. The Hall–Kier alpha value is -1.82. The Labute approximate surface area is 122 Å². The first kappa shape index (κ1) is 14.6. The molecule has 0 unspecified atom stereocenters. The molecule has 1 aromatic carbocycles. The predicted molar refractivity (Wildman–Crippen MR) is 78.1 cm³/mol. The van der Waals surface area contributed by atoms with Crippen LogP contribution in [0.2, 0.25) is 0 Å². The van der Waals surface area contributed by atoms with Crippen LogP contribution < -0.4 is 0 Å². The smallest absolute Gasteiger partial charge is 0.313 e. The summed E-state index contributed by atoms with van der Waals surface area (Å²) >= 11 is 1.18. The van der Waals surface area contributed by atoms with Crippen molar-refractivity contribution in [3.05, 3.63) is 40.7 Å². The molecule has 0 aliphatic carbocycles. The lowest BCUT2D eigenvalue weighted by Gasteiger charge is -2.04. The molecule has 0 saturated heterocycles. The van der Waals surface area contributed by atoms with Gasteiger partial charge < -0.3 is 5.11 Å². The highest BCUT2D eigenvalue weighted by atomic mass is 32.2. The number of aromatic nitrogens is 3. The number of carbonyl (C=O) groups is 1. The number of benzene rings is 1. The first-order chi connectivity index (χ1) is 9.45. The van der Waals surface area contributed by atoms with Crippen molar-refractivity contribution in [2.45, 2.75) is 25.4 Å². The number of carboxylic acids is 1. The summed E-state index contributed by atoms with van der Waals surface area (Å²) in [7, 11) is 1.78. The molecule has 0 saturated carbocycles. The van der Waals surface area contributed by atoms with E-state index in [1.165, 1.54) is 28.5 Å². The molecule has 0 spiro atoms. The van der Waals surface area contributed by atoms with Crippen molar-refractivity contribution in [3.63, 3.8) is 0 Å². The molecule has 1 N–H and O–H groups in total. The van der Waals surface area contributed by atoms with E-state index in [1.807, 2.05) is 0 Å². The van der Waals surface area contributed by atoms with E-state index in [-0.39, 0.29) is 5.75 Å². The van der Waals surface area contributed by atoms with Gasteiger partial charge in [0, 0.05) is 13.5 Å². The van der Waals surface area contributed by atoms with Gasteiger partial charge in [0.1, 0.15) is 0 Å². The lowest BCUT2D eigenvalue weighted by molar-refractivity contribution is -0.133. The van der Waals surface area contributed by atoms with Crippen molar-refractivity contribution in [2.24, 2.45) is 7.05 Å². The van der Waals surface area contributed by atoms with E-state index in [0.29, 0.717) is 17.4 Å². The molecule has 2 rings (SSSR count). The van der Waals surface area contributed by atoms with E-state index >= 15 is 0 Å². The molecule has 5 nitrogen and oxygen atoms in total. The number of carboxylic acid groups (broad SMARTS) is 1. The van der Waals surface area contributed by atoms with Crippen LogP contribution in [0.5, 0.6) is 0 Å². The highest BCUT2D eigenvalue weighted by Crippen LogP contribution is 2.18. The molecule has 6 heteroatoms. The van der Waals surface area contributed by atoms with Crippen LogP contribution in [0.4, 0.5) is 0 Å². The Balaban J connectivity index is 2.16. The molecule has 0 amide bonds. The van der Waals surface area contributed by atoms with Crippen LogP contribution in [0.1, 0.15) is 22.5 Å². The summed E-state index contributed by atoms with van der Waals surface area (Å²) in [6, 6.07) is 6.31. The summed E-state index contributed by atoms with van der Waals surface area (Å²) in [6.45, 7) is 4.13. The zero-order valence-corrected chi connectivity index (χ0v) is 12.6. The Morgan fingerprint density at radius 2 is 2.15 bits per heavy atom. The van der Waals surface area contributed by atoms with Gasteiger partial charge in [0.2, 0.25) is 0 Å². The fraction of sp³-hybridized carbons (Fsp3) is 0.357. The minimum atomic E-state index is -0.853. The molecule has 1 heterocycles. The van der Waals surface area contributed by atoms with Crippen molar-refractivity contribution < 1.29 is 9.90 Å². The highest BCUT2D eigenvalue weighted by Gasteiger charge is 2.11. The summed E-state index contributed by atoms with van der Waals surface area (Å²) in [5.41, 5.74) is 3.62. The number of aryl methyl sites for hydroxylation is 3. The second kappa shape index (κ2) is 6.09. The monoisotopic (exact) mass is 291 g/mol. The summed E-state index contributed by atoms with van der Waals surface area (Å²) in [5.74, 6) is -0.140. The molecule has 2 aromatic rings. The standard InChI is InChI=1S/C14H17N3O2S/c1-9-4-5-10(2)11(6-9)7-12-15-14(17(3)16-12)20-8-13(18)19/h4-6H,7-8H2,1-3H3,(H,18,19). The van der Waals surface area contributed by atoms with Gasteiger partial charge in [0.05, 0.1) is 5.75 Å². The third-order valence-electron chi connectivity index (χ3n) is 2.94. The molecule has 0 aliphatic rings. The van der Waals surface area contributed by atoms with Crippen LogP contribution in [-0.2, 0) is 18.3 Å². The first-order valence-corrected chi connectivity index (χ1v) is 7.25. The van der Waals surface area contributed by atoms with Crippen molar-refractivity contribution in [1.29, 1.82) is 0 Å². The van der Waals surface area contributed by atoms with Crippen LogP contribution >= 0.6 is 11.8 Å². The van der Waals surface area contributed by atoms with Gasteiger partial charge >= 0.3 is 5.97 Å². The zero-order valence-electron chi connectivity index (χ0n) is 11.8. The molecule has 0 atom stereocenters. The number of hydrogen-bond donors (Lipinski definition) is 1. The second-order valence-electron chi connectivity index (χ2n) is 4.72. The minimum absolute atomic E-state index is 0.00452. The van der Waals surface area contributed by atoms with Gasteiger partial charge in [0.25, 0.3) is 0 Å². The molecule has 0 bridgehead atoms. The molecule has 20 heavy (non-hydrogen) atoms. The van der Waals surface area contributed by atoms with Crippen LogP contribution in [0, 0.1) is 13.8 Å². The third kappa shape index (κ3) is 3.60. The first-order valence-electron chi connectivity index (χ1n) is 6.26. The predicted octanol–water partition coefficient (Wildman–Crippen LogP) is 2.20. The molecule has 0 fully saturated rings. The van der Waals surface area contributed by atoms with Crippen molar-refractivity contribution in [3.8, 4) is 0 Å². The number of aliphatic carboxylic acids is 1. The van der Waals surface area contributed by atoms with E-state index in [4.69, 9.17) is 5.11 Å². The topological polar surface area (TPSA) is 68.0 Å². The number of nitrogens with zero attached hydrogens (tertiary/aromatic N) is 3. The minimum Gasteiger partial charge on any atom is -0.481 e. The summed E-state index contributed by atoms with van der Waals surface area (Å²) in [4.78, 5) is 15.0. The number of thioether (sulfide) groups is 1. The van der Waals surface area contributed by atoms with Crippen LogP contribution in [0.3, 0.4) is 0 Å². The highest BCUT2D eigenvalue weighted by molar-refractivity contribution is 7.99. The Kier molecular flexibility index (Phi) is 4.44. The lowest BCUT2D eigenvalue weighted by atomic mass is 10.0. The van der Waals surface area contributed by atoms with E-state index in [2.05, 4.69) is 42.1 Å². The number of rotatable bonds is 5. The van der Waals surface area contributed by atoms with Gasteiger partial charge in [-0.2, -0.15) is 5.10 Å². The van der Waals surface area contributed by atoms with Crippen molar-refractivity contribution >= 4 is 17.7 Å². The van der Waals surface area contributed by atoms with E-state index in [9.17, 15) is 4.79 Å². The Bertz CT molecular complexity index is 637. The van der Waals surface area contributed by atoms with Gasteiger partial charge in [-0.1, -0.05) is 35.5 Å². The van der Waals surface area contributed by atoms with E-state index < -0.39 is 5.97 Å². The van der Waals surface area contributed by atoms with Crippen molar-refractivity contribution in [1.82, 2.24) is 14.8 Å². The average molecular weight is 291 g/mol. The second-order valence-corrected chi connectivity index (χ2v) is 5.67. The van der Waals surface area contributed by atoms with Crippen LogP contribution in [-0.4, -0.2) is 31.6 Å².